The van der Waals surface area contributed by atoms with E-state index >= 15 is 0 Å². The van der Waals surface area contributed by atoms with Crippen molar-refractivity contribution < 1.29 is 4.79 Å². The molecule has 2 N–H and O–H groups in total. The van der Waals surface area contributed by atoms with Crippen LogP contribution in [0.3, 0.4) is 0 Å². The Morgan fingerprint density at radius 1 is 1.50 bits per heavy atom. The number of benzene rings is 1. The highest BCUT2D eigenvalue weighted by molar-refractivity contribution is 7.80. The second-order valence-corrected chi connectivity index (χ2v) is 5.21. The number of hydrogen-bond donors (Lipinski definition) is 1. The topological polar surface area (TPSA) is 46.3 Å². The molecule has 4 heteroatoms. The first-order chi connectivity index (χ1) is 8.40. The van der Waals surface area contributed by atoms with Crippen LogP contribution in [0, 0.1) is 6.92 Å². The van der Waals surface area contributed by atoms with E-state index in [1.54, 1.807) is 11.9 Å². The molecule has 0 saturated heterocycles. The minimum atomic E-state index is 0.0415. The molecular weight excluding hydrogens is 244 g/mol. The molecule has 18 heavy (non-hydrogen) atoms. The number of rotatable bonds is 5. The first-order valence-electron chi connectivity index (χ1n) is 5.99. The summed E-state index contributed by atoms with van der Waals surface area (Å²) in [6.45, 7) is 3.97. The molecule has 0 saturated carbocycles. The van der Waals surface area contributed by atoms with Crippen LogP contribution in [0.4, 0.5) is 0 Å². The largest absolute Gasteiger partial charge is 0.393 e. The van der Waals surface area contributed by atoms with E-state index in [-0.39, 0.29) is 11.9 Å². The number of thiocarbonyl (C=S) groups is 1. The van der Waals surface area contributed by atoms with Crippen LogP contribution in [0.15, 0.2) is 24.3 Å². The standard InChI is InChI=1S/C14H20N2OS/c1-10-5-4-6-12(7-10)9-14(17)16(3)11(2)8-13(15)18/h4-7,11H,8-9H2,1-3H3,(H2,15,18). The van der Waals surface area contributed by atoms with E-state index in [0.29, 0.717) is 17.8 Å². The quantitative estimate of drug-likeness (QED) is 0.828. The molecule has 1 atom stereocenters. The molecule has 0 fully saturated rings. The van der Waals surface area contributed by atoms with Crippen molar-refractivity contribution in [1.29, 1.82) is 0 Å². The van der Waals surface area contributed by atoms with Crippen LogP contribution in [0.1, 0.15) is 24.5 Å². The minimum Gasteiger partial charge on any atom is -0.393 e. The molecular formula is C14H20N2OS. The molecule has 0 aliphatic carbocycles. The fourth-order valence-electron chi connectivity index (χ4n) is 1.80. The zero-order chi connectivity index (χ0) is 13.7. The first kappa shape index (κ1) is 14.6. The van der Waals surface area contributed by atoms with Crippen molar-refractivity contribution in [3.05, 3.63) is 35.4 Å². The predicted molar refractivity (Wildman–Crippen MR) is 78.5 cm³/mol. The van der Waals surface area contributed by atoms with Crippen molar-refractivity contribution in [2.75, 3.05) is 7.05 Å². The molecule has 0 aliphatic heterocycles. The summed E-state index contributed by atoms with van der Waals surface area (Å²) in [5.74, 6) is 0.0874. The molecule has 1 unspecified atom stereocenters. The Hall–Kier alpha value is -1.42. The van der Waals surface area contributed by atoms with Gasteiger partial charge in [-0.1, -0.05) is 42.0 Å². The lowest BCUT2D eigenvalue weighted by atomic mass is 10.1. The summed E-state index contributed by atoms with van der Waals surface area (Å²) in [7, 11) is 1.79. The zero-order valence-corrected chi connectivity index (χ0v) is 12.0. The van der Waals surface area contributed by atoms with Gasteiger partial charge in [-0.3, -0.25) is 4.79 Å². The Morgan fingerprint density at radius 3 is 2.72 bits per heavy atom. The monoisotopic (exact) mass is 264 g/mol. The van der Waals surface area contributed by atoms with Crippen molar-refractivity contribution in [1.82, 2.24) is 4.90 Å². The van der Waals surface area contributed by atoms with Crippen molar-refractivity contribution in [2.24, 2.45) is 5.73 Å². The first-order valence-corrected chi connectivity index (χ1v) is 6.40. The highest BCUT2D eigenvalue weighted by atomic mass is 32.1. The van der Waals surface area contributed by atoms with Crippen LogP contribution >= 0.6 is 12.2 Å². The third kappa shape index (κ3) is 4.45. The fourth-order valence-corrected chi connectivity index (χ4v) is 2.04. The number of nitrogens with zero attached hydrogens (tertiary/aromatic N) is 1. The van der Waals surface area contributed by atoms with Gasteiger partial charge in [0.05, 0.1) is 11.4 Å². The molecule has 1 aromatic rings. The number of amides is 1. The van der Waals surface area contributed by atoms with Gasteiger partial charge in [0.2, 0.25) is 5.91 Å². The Bertz CT molecular complexity index is 445. The summed E-state index contributed by atoms with van der Waals surface area (Å²) in [5, 5.41) is 0. The van der Waals surface area contributed by atoms with Gasteiger partial charge in [0, 0.05) is 19.5 Å². The summed E-state index contributed by atoms with van der Waals surface area (Å²) >= 11 is 4.86. The molecule has 1 aromatic carbocycles. The second kappa shape index (κ2) is 6.50. The van der Waals surface area contributed by atoms with Crippen molar-refractivity contribution >= 4 is 23.1 Å². The molecule has 98 valence electrons. The molecule has 0 aromatic heterocycles. The van der Waals surface area contributed by atoms with E-state index in [1.807, 2.05) is 38.1 Å². The maximum absolute atomic E-state index is 12.1. The Balaban J connectivity index is 2.62. The van der Waals surface area contributed by atoms with Crippen molar-refractivity contribution in [2.45, 2.75) is 32.7 Å². The van der Waals surface area contributed by atoms with Crippen LogP contribution in [0.5, 0.6) is 0 Å². The van der Waals surface area contributed by atoms with Gasteiger partial charge in [-0.2, -0.15) is 0 Å². The summed E-state index contributed by atoms with van der Waals surface area (Å²) in [6, 6.07) is 8.03. The van der Waals surface area contributed by atoms with Crippen LogP contribution in [0.25, 0.3) is 0 Å². The van der Waals surface area contributed by atoms with E-state index < -0.39 is 0 Å². The van der Waals surface area contributed by atoms with E-state index in [1.165, 1.54) is 5.56 Å². The minimum absolute atomic E-state index is 0.0415. The highest BCUT2D eigenvalue weighted by Gasteiger charge is 2.16. The molecule has 0 heterocycles. The lowest BCUT2D eigenvalue weighted by Crippen LogP contribution is -2.38. The number of nitrogens with two attached hydrogens (primary N) is 1. The fraction of sp³-hybridized carbons (Fsp3) is 0.429. The maximum atomic E-state index is 12.1. The van der Waals surface area contributed by atoms with E-state index in [9.17, 15) is 4.79 Å². The van der Waals surface area contributed by atoms with Crippen molar-refractivity contribution in [3.8, 4) is 0 Å². The number of carbonyl (C=O) groups excluding carboxylic acids is 1. The van der Waals surface area contributed by atoms with Crippen molar-refractivity contribution in [3.63, 3.8) is 0 Å². The number of likely N-dealkylation sites (N-methyl/N-ethyl adjacent to an activating group) is 1. The van der Waals surface area contributed by atoms with Crippen LogP contribution < -0.4 is 5.73 Å². The van der Waals surface area contributed by atoms with Gasteiger partial charge in [0.15, 0.2) is 0 Å². The van der Waals surface area contributed by atoms with Crippen LogP contribution in [-0.2, 0) is 11.2 Å². The average Bonchev–Trinajstić information content (AvgIpc) is 2.27. The molecule has 1 rings (SSSR count). The number of hydrogen-bond acceptors (Lipinski definition) is 2. The molecule has 0 bridgehead atoms. The van der Waals surface area contributed by atoms with Gasteiger partial charge in [0.1, 0.15) is 0 Å². The van der Waals surface area contributed by atoms with Gasteiger partial charge in [-0.05, 0) is 19.4 Å². The number of carbonyl (C=O) groups is 1. The normalized spacial score (nSPS) is 11.9. The van der Waals surface area contributed by atoms with Gasteiger partial charge in [-0.15, -0.1) is 0 Å². The lowest BCUT2D eigenvalue weighted by Gasteiger charge is -2.24. The Labute approximate surface area is 114 Å². The average molecular weight is 264 g/mol. The molecule has 3 nitrogen and oxygen atoms in total. The third-order valence-electron chi connectivity index (χ3n) is 2.99. The summed E-state index contributed by atoms with van der Waals surface area (Å²) in [5.41, 5.74) is 7.70. The molecule has 0 spiro atoms. The zero-order valence-electron chi connectivity index (χ0n) is 11.1. The highest BCUT2D eigenvalue weighted by Crippen LogP contribution is 2.09. The third-order valence-corrected chi connectivity index (χ3v) is 3.16. The van der Waals surface area contributed by atoms with Gasteiger partial charge >= 0.3 is 0 Å². The van der Waals surface area contributed by atoms with Gasteiger partial charge in [0.25, 0.3) is 0 Å². The van der Waals surface area contributed by atoms with Gasteiger partial charge in [-0.25, -0.2) is 0 Å². The Morgan fingerprint density at radius 2 is 2.17 bits per heavy atom. The van der Waals surface area contributed by atoms with E-state index in [4.69, 9.17) is 18.0 Å². The second-order valence-electron chi connectivity index (χ2n) is 4.69. The van der Waals surface area contributed by atoms with E-state index in [0.717, 1.165) is 5.56 Å². The van der Waals surface area contributed by atoms with E-state index in [2.05, 4.69) is 0 Å². The smallest absolute Gasteiger partial charge is 0.226 e. The Kier molecular flexibility index (Phi) is 5.28. The summed E-state index contributed by atoms with van der Waals surface area (Å²) < 4.78 is 0. The number of aryl methyl sites for hydroxylation is 1. The summed E-state index contributed by atoms with van der Waals surface area (Å²) in [4.78, 5) is 14.2. The molecule has 0 radical (unpaired) electrons. The lowest BCUT2D eigenvalue weighted by molar-refractivity contribution is -0.130. The summed E-state index contributed by atoms with van der Waals surface area (Å²) in [6.07, 6.45) is 0.977. The molecule has 1 amide bonds. The maximum Gasteiger partial charge on any atom is 0.226 e. The predicted octanol–water partition coefficient (Wildman–Crippen LogP) is 2.06. The van der Waals surface area contributed by atoms with Crippen LogP contribution in [-0.4, -0.2) is 28.9 Å². The SMILES string of the molecule is Cc1cccc(CC(=O)N(C)C(C)CC(N)=S)c1. The van der Waals surface area contributed by atoms with Gasteiger partial charge < -0.3 is 10.6 Å². The van der Waals surface area contributed by atoms with Crippen LogP contribution in [0.2, 0.25) is 0 Å². The molecule has 0 aliphatic rings.